The maximum absolute atomic E-state index is 11.5. The molecular weight excluding hydrogens is 452 g/mol. The Bertz CT molecular complexity index is 1250. The van der Waals surface area contributed by atoms with Crippen molar-refractivity contribution < 1.29 is 19.1 Å². The number of para-hydroxylation sites is 2. The summed E-state index contributed by atoms with van der Waals surface area (Å²) in [5, 5.41) is 13.7. The fraction of sp³-hybridized carbons (Fsp3) is 0.259. The molecule has 6 nitrogen and oxygen atoms in total. The number of carboxylic acid groups (broad SMARTS) is 1. The summed E-state index contributed by atoms with van der Waals surface area (Å²) in [5.41, 5.74) is 2.26. The summed E-state index contributed by atoms with van der Waals surface area (Å²) < 4.78 is 11.8. The van der Waals surface area contributed by atoms with Crippen LogP contribution in [0.15, 0.2) is 77.2 Å². The second-order valence-corrected chi connectivity index (χ2v) is 9.22. The number of nitrogens with one attached hydrogen (secondary N) is 1. The van der Waals surface area contributed by atoms with Crippen molar-refractivity contribution in [2.45, 2.75) is 44.9 Å². The Kier molecular flexibility index (Phi) is 6.91. The van der Waals surface area contributed by atoms with Gasteiger partial charge in [-0.05, 0) is 74.7 Å². The highest BCUT2D eigenvalue weighted by Gasteiger charge is 2.29. The van der Waals surface area contributed by atoms with Crippen LogP contribution in [-0.4, -0.2) is 21.7 Å². The monoisotopic (exact) mass is 478 g/mol. The first-order chi connectivity index (χ1) is 16.2. The number of nitrogens with zero attached hydrogens (tertiary/aromatic N) is 1. The van der Waals surface area contributed by atoms with E-state index in [0.717, 1.165) is 22.2 Å². The molecule has 1 aromatic heterocycles. The van der Waals surface area contributed by atoms with Gasteiger partial charge in [-0.25, -0.2) is 9.78 Å². The Morgan fingerprint density at radius 2 is 1.85 bits per heavy atom. The van der Waals surface area contributed by atoms with E-state index in [2.05, 4.69) is 5.32 Å². The first kappa shape index (κ1) is 23.8. The summed E-state index contributed by atoms with van der Waals surface area (Å²) in [5.74, 6) is 0.0696. The van der Waals surface area contributed by atoms with Crippen LogP contribution in [0, 0.1) is 0 Å². The van der Waals surface area contributed by atoms with Gasteiger partial charge in [-0.3, -0.25) is 5.32 Å². The average molecular weight is 479 g/mol. The highest BCUT2D eigenvalue weighted by Crippen LogP contribution is 2.28. The Labute approximate surface area is 203 Å². The third kappa shape index (κ3) is 5.58. The zero-order chi connectivity index (χ0) is 24.3. The van der Waals surface area contributed by atoms with Crippen LogP contribution in [0.5, 0.6) is 5.75 Å². The molecule has 2 N–H and O–H groups in total. The van der Waals surface area contributed by atoms with Crippen molar-refractivity contribution in [3.63, 3.8) is 0 Å². The third-order valence-corrected chi connectivity index (χ3v) is 5.91. The zero-order valence-corrected chi connectivity index (χ0v) is 20.0. The van der Waals surface area contributed by atoms with Crippen molar-refractivity contribution in [2.75, 3.05) is 0 Å². The fourth-order valence-electron chi connectivity index (χ4n) is 3.70. The number of carboxylic acids is 1. The molecule has 0 spiro atoms. The summed E-state index contributed by atoms with van der Waals surface area (Å²) in [4.78, 5) is 16.2. The Balaban J connectivity index is 1.60. The summed E-state index contributed by atoms with van der Waals surface area (Å²) in [6.45, 7) is 5.09. The van der Waals surface area contributed by atoms with Gasteiger partial charge in [-0.1, -0.05) is 48.0 Å². The molecule has 4 aromatic rings. The Morgan fingerprint density at radius 1 is 1.12 bits per heavy atom. The van der Waals surface area contributed by atoms with Crippen LogP contribution in [-0.2, 0) is 11.2 Å². The molecule has 0 radical (unpaired) electrons. The standard InChI is InChI=1S/C27H27ClN2O4/c1-17(19-7-6-8-21(16-19)34-27(2,3)26(31)32)29-23(15-18-11-13-20(28)14-12-18)25-30-22-9-4-5-10-24(22)33-25/h4-14,16-17,23,29H,15H2,1-3H3,(H,31,32). The normalized spacial score (nSPS) is 13.5. The molecule has 4 rings (SSSR count). The largest absolute Gasteiger partial charge is 0.478 e. The predicted octanol–water partition coefficient (Wildman–Crippen LogP) is 6.36. The molecule has 0 bridgehead atoms. The molecular formula is C27H27ClN2O4. The SMILES string of the molecule is CC(NC(Cc1ccc(Cl)cc1)c1nc2ccccc2o1)c1cccc(OC(C)(C)C(=O)O)c1. The molecule has 0 fully saturated rings. The summed E-state index contributed by atoms with van der Waals surface area (Å²) in [6, 6.07) is 22.6. The minimum absolute atomic E-state index is 0.0937. The van der Waals surface area contributed by atoms with E-state index in [4.69, 9.17) is 25.7 Å². The first-order valence-electron chi connectivity index (χ1n) is 11.1. The Hall–Kier alpha value is -3.35. The van der Waals surface area contributed by atoms with Crippen molar-refractivity contribution >= 4 is 28.7 Å². The molecule has 2 unspecified atom stereocenters. The number of carbonyl (C=O) groups is 1. The van der Waals surface area contributed by atoms with Gasteiger partial charge in [0.15, 0.2) is 11.2 Å². The first-order valence-corrected chi connectivity index (χ1v) is 11.5. The van der Waals surface area contributed by atoms with Crippen molar-refractivity contribution in [1.82, 2.24) is 10.3 Å². The molecule has 3 aromatic carbocycles. The van der Waals surface area contributed by atoms with Crippen LogP contribution >= 0.6 is 11.6 Å². The molecule has 0 saturated carbocycles. The summed E-state index contributed by atoms with van der Waals surface area (Å²) in [6.07, 6.45) is 0.649. The van der Waals surface area contributed by atoms with Crippen LogP contribution in [0.25, 0.3) is 11.1 Å². The zero-order valence-electron chi connectivity index (χ0n) is 19.3. The number of halogens is 1. The van der Waals surface area contributed by atoms with Gasteiger partial charge in [0.05, 0.1) is 6.04 Å². The van der Waals surface area contributed by atoms with Gasteiger partial charge in [-0.15, -0.1) is 0 Å². The summed E-state index contributed by atoms with van der Waals surface area (Å²) in [7, 11) is 0. The lowest BCUT2D eigenvalue weighted by molar-refractivity contribution is -0.152. The lowest BCUT2D eigenvalue weighted by Crippen LogP contribution is -2.37. The molecule has 0 aliphatic heterocycles. The highest BCUT2D eigenvalue weighted by atomic mass is 35.5. The van der Waals surface area contributed by atoms with Crippen LogP contribution in [0.4, 0.5) is 0 Å². The molecule has 0 saturated heterocycles. The van der Waals surface area contributed by atoms with E-state index >= 15 is 0 Å². The lowest BCUT2D eigenvalue weighted by Gasteiger charge is -2.24. The van der Waals surface area contributed by atoms with Crippen molar-refractivity contribution in [3.8, 4) is 5.75 Å². The van der Waals surface area contributed by atoms with Crippen LogP contribution in [0.1, 0.15) is 49.9 Å². The number of fused-ring (bicyclic) bond motifs is 1. The van der Waals surface area contributed by atoms with Gasteiger partial charge >= 0.3 is 5.97 Å². The maximum Gasteiger partial charge on any atom is 0.347 e. The van der Waals surface area contributed by atoms with E-state index in [1.807, 2.05) is 73.7 Å². The predicted molar refractivity (Wildman–Crippen MR) is 132 cm³/mol. The topological polar surface area (TPSA) is 84.6 Å². The average Bonchev–Trinajstić information content (AvgIpc) is 3.24. The minimum atomic E-state index is -1.33. The minimum Gasteiger partial charge on any atom is -0.478 e. The molecule has 0 aliphatic rings. The third-order valence-electron chi connectivity index (χ3n) is 5.66. The van der Waals surface area contributed by atoms with Crippen LogP contribution in [0.2, 0.25) is 5.02 Å². The van der Waals surface area contributed by atoms with E-state index in [1.165, 1.54) is 13.8 Å². The van der Waals surface area contributed by atoms with Gasteiger partial charge in [-0.2, -0.15) is 0 Å². The van der Waals surface area contributed by atoms with E-state index in [9.17, 15) is 9.90 Å². The number of hydrogen-bond donors (Lipinski definition) is 2. The molecule has 176 valence electrons. The molecule has 1 heterocycles. The quantitative estimate of drug-likeness (QED) is 0.291. The molecule has 0 amide bonds. The number of oxazole rings is 1. The molecule has 34 heavy (non-hydrogen) atoms. The van der Waals surface area contributed by atoms with E-state index < -0.39 is 11.6 Å². The van der Waals surface area contributed by atoms with Gasteiger partial charge in [0.25, 0.3) is 0 Å². The van der Waals surface area contributed by atoms with E-state index in [1.54, 1.807) is 6.07 Å². The van der Waals surface area contributed by atoms with Gasteiger partial charge < -0.3 is 14.3 Å². The lowest BCUT2D eigenvalue weighted by atomic mass is 10.0. The Morgan fingerprint density at radius 3 is 2.56 bits per heavy atom. The number of rotatable bonds is 9. The van der Waals surface area contributed by atoms with Crippen molar-refractivity contribution in [2.24, 2.45) is 0 Å². The molecule has 7 heteroatoms. The van der Waals surface area contributed by atoms with Gasteiger partial charge in [0.1, 0.15) is 11.3 Å². The van der Waals surface area contributed by atoms with Gasteiger partial charge in [0, 0.05) is 11.1 Å². The number of hydrogen-bond acceptors (Lipinski definition) is 5. The number of benzene rings is 3. The number of aliphatic carboxylic acids is 1. The molecule has 0 aliphatic carbocycles. The van der Waals surface area contributed by atoms with E-state index in [-0.39, 0.29) is 12.1 Å². The second kappa shape index (κ2) is 9.87. The fourth-order valence-corrected chi connectivity index (χ4v) is 3.82. The summed E-state index contributed by atoms with van der Waals surface area (Å²) >= 11 is 6.07. The highest BCUT2D eigenvalue weighted by molar-refractivity contribution is 6.30. The maximum atomic E-state index is 11.5. The number of ether oxygens (including phenoxy) is 1. The van der Waals surface area contributed by atoms with Crippen molar-refractivity contribution in [3.05, 3.63) is 94.8 Å². The van der Waals surface area contributed by atoms with Gasteiger partial charge in [0.2, 0.25) is 5.89 Å². The molecule has 2 atom stereocenters. The number of aromatic nitrogens is 1. The van der Waals surface area contributed by atoms with Crippen LogP contribution < -0.4 is 10.1 Å². The second-order valence-electron chi connectivity index (χ2n) is 8.78. The van der Waals surface area contributed by atoms with Crippen molar-refractivity contribution in [1.29, 1.82) is 0 Å². The van der Waals surface area contributed by atoms with E-state index in [0.29, 0.717) is 23.1 Å². The van der Waals surface area contributed by atoms with Crippen LogP contribution in [0.3, 0.4) is 0 Å². The smallest absolute Gasteiger partial charge is 0.347 e.